The summed E-state index contributed by atoms with van der Waals surface area (Å²) in [5.41, 5.74) is 8.36. The fourth-order valence-corrected chi connectivity index (χ4v) is 2.18. The van der Waals surface area contributed by atoms with Crippen LogP contribution in [0, 0.1) is 0 Å². The summed E-state index contributed by atoms with van der Waals surface area (Å²) in [6, 6.07) is 0. The number of fused-ring (bicyclic) bond motifs is 1. The maximum Gasteiger partial charge on any atom is 0.0648 e. The van der Waals surface area contributed by atoms with Gasteiger partial charge in [0.25, 0.3) is 0 Å². The summed E-state index contributed by atoms with van der Waals surface area (Å²) in [4.78, 5) is 0. The molecule has 0 saturated heterocycles. The number of hydrogen-bond acceptors (Lipinski definition) is 2. The van der Waals surface area contributed by atoms with Gasteiger partial charge >= 0.3 is 0 Å². The molecule has 0 radical (unpaired) electrons. The third-order valence-electron chi connectivity index (χ3n) is 3.04. The molecule has 0 aromatic carbocycles. The minimum absolute atomic E-state index is 1.15. The largest absolute Gasteiger partial charge is 0.282 e. The first-order valence-corrected chi connectivity index (χ1v) is 5.50. The maximum absolute atomic E-state index is 4.31. The Kier molecular flexibility index (Phi) is 2.71. The molecule has 2 rings (SSSR count). The van der Waals surface area contributed by atoms with Gasteiger partial charge in [-0.05, 0) is 50.7 Å². The van der Waals surface area contributed by atoms with Crippen LogP contribution in [-0.2, 0) is 0 Å². The van der Waals surface area contributed by atoms with Crippen molar-refractivity contribution in [1.82, 2.24) is 5.43 Å². The third kappa shape index (κ3) is 1.74. The second kappa shape index (κ2) is 3.99. The van der Waals surface area contributed by atoms with Crippen LogP contribution in [-0.4, -0.2) is 5.71 Å². The molecule has 0 bridgehead atoms. The van der Waals surface area contributed by atoms with E-state index in [1.54, 1.807) is 0 Å². The lowest BCUT2D eigenvalue weighted by molar-refractivity contribution is 0.664. The number of hydrazone groups is 1. The Balaban J connectivity index is 2.35. The van der Waals surface area contributed by atoms with Gasteiger partial charge in [0.05, 0.1) is 5.71 Å². The molecular weight excluding hydrogens is 172 g/mol. The lowest BCUT2D eigenvalue weighted by Gasteiger charge is -2.22. The van der Waals surface area contributed by atoms with Crippen LogP contribution in [0.25, 0.3) is 0 Å². The Morgan fingerprint density at radius 1 is 1.21 bits per heavy atom. The Labute approximate surface area is 85.8 Å². The summed E-state index contributed by atoms with van der Waals surface area (Å²) in [5, 5.41) is 4.31. The van der Waals surface area contributed by atoms with Gasteiger partial charge in [-0.15, -0.1) is 0 Å². The van der Waals surface area contributed by atoms with Crippen molar-refractivity contribution in [2.75, 3.05) is 0 Å². The highest BCUT2D eigenvalue weighted by Gasteiger charge is 2.16. The maximum atomic E-state index is 4.31. The number of nitrogens with zero attached hydrogens (tertiary/aromatic N) is 1. The van der Waals surface area contributed by atoms with Gasteiger partial charge in [0.15, 0.2) is 0 Å². The van der Waals surface area contributed by atoms with E-state index in [9.17, 15) is 0 Å². The molecule has 2 nitrogen and oxygen atoms in total. The molecular formula is C12H18N2. The highest BCUT2D eigenvalue weighted by Crippen LogP contribution is 2.27. The fraction of sp³-hybridized carbons (Fsp3) is 0.583. The second-order valence-electron chi connectivity index (χ2n) is 4.13. The number of allylic oxidation sites excluding steroid dienone is 4. The average Bonchev–Trinajstić information content (AvgIpc) is 2.11. The van der Waals surface area contributed by atoms with Crippen molar-refractivity contribution in [3.8, 4) is 0 Å². The number of rotatable bonds is 0. The molecule has 0 aromatic rings. The quantitative estimate of drug-likeness (QED) is 0.623. The van der Waals surface area contributed by atoms with E-state index < -0.39 is 0 Å². The average molecular weight is 190 g/mol. The van der Waals surface area contributed by atoms with Crippen LogP contribution >= 0.6 is 0 Å². The van der Waals surface area contributed by atoms with E-state index in [-0.39, 0.29) is 0 Å². The first kappa shape index (κ1) is 9.50. The van der Waals surface area contributed by atoms with Crippen molar-refractivity contribution < 1.29 is 0 Å². The topological polar surface area (TPSA) is 24.4 Å². The minimum atomic E-state index is 1.15. The Morgan fingerprint density at radius 2 is 2.07 bits per heavy atom. The van der Waals surface area contributed by atoms with Crippen LogP contribution < -0.4 is 5.43 Å². The molecule has 0 atom stereocenters. The highest BCUT2D eigenvalue weighted by atomic mass is 15.3. The summed E-state index contributed by atoms with van der Waals surface area (Å²) in [5.74, 6) is 0. The van der Waals surface area contributed by atoms with Crippen molar-refractivity contribution >= 4 is 5.71 Å². The lowest BCUT2D eigenvalue weighted by atomic mass is 9.90. The van der Waals surface area contributed by atoms with Crippen LogP contribution in [0.15, 0.2) is 28.0 Å². The fourth-order valence-electron chi connectivity index (χ4n) is 2.18. The molecule has 2 aliphatic rings. The van der Waals surface area contributed by atoms with Crippen molar-refractivity contribution in [3.63, 3.8) is 0 Å². The lowest BCUT2D eigenvalue weighted by Crippen LogP contribution is -2.19. The molecule has 0 aromatic heterocycles. The van der Waals surface area contributed by atoms with Gasteiger partial charge in [-0.2, -0.15) is 5.10 Å². The summed E-state index contributed by atoms with van der Waals surface area (Å²) in [6.07, 6.45) is 8.78. The molecule has 0 fully saturated rings. The van der Waals surface area contributed by atoms with E-state index in [2.05, 4.69) is 30.5 Å². The van der Waals surface area contributed by atoms with Gasteiger partial charge in [-0.1, -0.05) is 12.5 Å². The molecule has 0 unspecified atom stereocenters. The predicted octanol–water partition coefficient (Wildman–Crippen LogP) is 3.13. The first-order chi connectivity index (χ1) is 6.79. The predicted molar refractivity (Wildman–Crippen MR) is 60.1 cm³/mol. The van der Waals surface area contributed by atoms with Crippen LogP contribution in [0.2, 0.25) is 0 Å². The van der Waals surface area contributed by atoms with Crippen LogP contribution in [0.1, 0.15) is 46.0 Å². The Bertz CT molecular complexity index is 321. The zero-order valence-corrected chi connectivity index (χ0v) is 9.06. The molecule has 0 amide bonds. The van der Waals surface area contributed by atoms with Gasteiger partial charge in [0.2, 0.25) is 0 Å². The standard InChI is InChI=1S/C12H18N2/c1-9-11-7-5-3-4-6-8-12(11)10(2)14-13-9/h7,14H,3-6,8H2,1-2H3. The van der Waals surface area contributed by atoms with Crippen LogP contribution in [0.3, 0.4) is 0 Å². The van der Waals surface area contributed by atoms with E-state index >= 15 is 0 Å². The summed E-state index contributed by atoms with van der Waals surface area (Å²) < 4.78 is 0. The van der Waals surface area contributed by atoms with Crippen molar-refractivity contribution in [1.29, 1.82) is 0 Å². The molecule has 1 N–H and O–H groups in total. The monoisotopic (exact) mass is 190 g/mol. The van der Waals surface area contributed by atoms with Crippen molar-refractivity contribution in [2.24, 2.45) is 5.10 Å². The SMILES string of the molecule is CC1=NNC(C)=C2CCCCCC=C12. The molecule has 0 saturated carbocycles. The molecule has 2 heteroatoms. The van der Waals surface area contributed by atoms with E-state index in [4.69, 9.17) is 0 Å². The van der Waals surface area contributed by atoms with Gasteiger partial charge in [0, 0.05) is 5.70 Å². The summed E-state index contributed by atoms with van der Waals surface area (Å²) in [6.45, 7) is 4.22. The highest BCUT2D eigenvalue weighted by molar-refractivity contribution is 6.02. The minimum Gasteiger partial charge on any atom is -0.282 e. The molecule has 76 valence electrons. The van der Waals surface area contributed by atoms with E-state index in [1.807, 2.05) is 0 Å². The molecule has 1 aliphatic heterocycles. The van der Waals surface area contributed by atoms with Gasteiger partial charge in [0.1, 0.15) is 0 Å². The zero-order chi connectivity index (χ0) is 9.97. The molecule has 1 aliphatic carbocycles. The van der Waals surface area contributed by atoms with Gasteiger partial charge < -0.3 is 0 Å². The van der Waals surface area contributed by atoms with Crippen LogP contribution in [0.5, 0.6) is 0 Å². The van der Waals surface area contributed by atoms with Crippen molar-refractivity contribution in [2.45, 2.75) is 46.0 Å². The summed E-state index contributed by atoms with van der Waals surface area (Å²) in [7, 11) is 0. The smallest absolute Gasteiger partial charge is 0.0648 e. The van der Waals surface area contributed by atoms with Crippen LogP contribution in [0.4, 0.5) is 0 Å². The van der Waals surface area contributed by atoms with Crippen molar-refractivity contribution in [3.05, 3.63) is 22.9 Å². The Hall–Kier alpha value is -1.05. The molecule has 1 heterocycles. The zero-order valence-electron chi connectivity index (χ0n) is 9.06. The first-order valence-electron chi connectivity index (χ1n) is 5.50. The molecule has 14 heavy (non-hydrogen) atoms. The van der Waals surface area contributed by atoms with E-state index in [0.717, 1.165) is 5.71 Å². The summed E-state index contributed by atoms with van der Waals surface area (Å²) >= 11 is 0. The molecule has 0 spiro atoms. The van der Waals surface area contributed by atoms with Gasteiger partial charge in [-0.3, -0.25) is 5.43 Å². The van der Waals surface area contributed by atoms with E-state index in [1.165, 1.54) is 48.9 Å². The van der Waals surface area contributed by atoms with Gasteiger partial charge in [-0.25, -0.2) is 0 Å². The third-order valence-corrected chi connectivity index (χ3v) is 3.04. The number of nitrogens with one attached hydrogen (secondary N) is 1. The van der Waals surface area contributed by atoms with E-state index in [0.29, 0.717) is 0 Å². The normalized spacial score (nSPS) is 22.7. The second-order valence-corrected chi connectivity index (χ2v) is 4.13. The Morgan fingerprint density at radius 3 is 2.93 bits per heavy atom. The number of hydrogen-bond donors (Lipinski definition) is 1.